The van der Waals surface area contributed by atoms with Crippen molar-refractivity contribution < 1.29 is 14.3 Å². The summed E-state index contributed by atoms with van der Waals surface area (Å²) in [5.74, 6) is -0.0938. The van der Waals surface area contributed by atoms with Gasteiger partial charge in [-0.3, -0.25) is 9.59 Å². The van der Waals surface area contributed by atoms with E-state index in [4.69, 9.17) is 4.74 Å². The maximum absolute atomic E-state index is 13.3. The van der Waals surface area contributed by atoms with Gasteiger partial charge < -0.3 is 19.5 Å². The van der Waals surface area contributed by atoms with Crippen molar-refractivity contribution in [3.05, 3.63) is 107 Å². The number of methoxy groups -OCH3 is 1. The van der Waals surface area contributed by atoms with Crippen LogP contribution in [-0.2, 0) is 17.8 Å². The van der Waals surface area contributed by atoms with Crippen molar-refractivity contribution in [3.8, 4) is 0 Å². The first-order valence-corrected chi connectivity index (χ1v) is 11.9. The largest absolute Gasteiger partial charge is 0.383 e. The van der Waals surface area contributed by atoms with Crippen LogP contribution in [0.25, 0.3) is 10.9 Å². The molecule has 1 aliphatic heterocycles. The number of nitrogens with one attached hydrogen (secondary N) is 1. The third kappa shape index (κ3) is 4.70. The minimum atomic E-state index is -0.116. The van der Waals surface area contributed by atoms with Gasteiger partial charge in [0.2, 0.25) is 0 Å². The number of para-hydroxylation sites is 1. The molecule has 6 heteroatoms. The van der Waals surface area contributed by atoms with Gasteiger partial charge >= 0.3 is 0 Å². The molecule has 35 heavy (non-hydrogen) atoms. The Morgan fingerprint density at radius 2 is 1.74 bits per heavy atom. The summed E-state index contributed by atoms with van der Waals surface area (Å²) < 4.78 is 7.29. The van der Waals surface area contributed by atoms with E-state index < -0.39 is 0 Å². The van der Waals surface area contributed by atoms with Crippen LogP contribution < -0.4 is 5.32 Å². The number of carbonyl (C=O) groups is 2. The monoisotopic (exact) mass is 467 g/mol. The summed E-state index contributed by atoms with van der Waals surface area (Å²) in [5.41, 5.74) is 4.58. The molecule has 2 heterocycles. The number of carbonyl (C=O) groups excluding carboxylic acids is 2. The standard InChI is InChI=1S/C29H29N3O3/c1-35-16-15-31-20-26(25-13-7-8-14-27(25)31)28(33)30-17-23(21-9-3-2-4-10-21)19-32-18-22-11-5-6-12-24(22)29(32)34/h2-14,20,23H,15-19H2,1H3,(H,30,33)/t23-/m0/s1. The quantitative estimate of drug-likeness (QED) is 0.395. The first kappa shape index (κ1) is 22.9. The molecule has 1 aliphatic rings. The van der Waals surface area contributed by atoms with E-state index in [-0.39, 0.29) is 17.7 Å². The van der Waals surface area contributed by atoms with E-state index in [9.17, 15) is 9.59 Å². The van der Waals surface area contributed by atoms with Crippen LogP contribution in [0, 0.1) is 0 Å². The molecule has 3 aromatic carbocycles. The highest BCUT2D eigenvalue weighted by Gasteiger charge is 2.29. The smallest absolute Gasteiger partial charge is 0.254 e. The lowest BCUT2D eigenvalue weighted by Gasteiger charge is -2.24. The first-order chi connectivity index (χ1) is 17.2. The van der Waals surface area contributed by atoms with Crippen LogP contribution in [-0.4, -0.2) is 48.1 Å². The zero-order valence-corrected chi connectivity index (χ0v) is 19.8. The number of hydrogen-bond acceptors (Lipinski definition) is 3. The van der Waals surface area contributed by atoms with Gasteiger partial charge in [-0.1, -0.05) is 66.7 Å². The third-order valence-electron chi connectivity index (χ3n) is 6.69. The summed E-state index contributed by atoms with van der Waals surface area (Å²) in [7, 11) is 1.67. The SMILES string of the molecule is COCCn1cc(C(=O)NC[C@@H](CN2Cc3ccccc3C2=O)c2ccccc2)c2ccccc21. The highest BCUT2D eigenvalue weighted by Crippen LogP contribution is 2.26. The van der Waals surface area contributed by atoms with Gasteiger partial charge in [0.05, 0.1) is 12.2 Å². The van der Waals surface area contributed by atoms with Crippen LogP contribution >= 0.6 is 0 Å². The van der Waals surface area contributed by atoms with Crippen molar-refractivity contribution in [2.45, 2.75) is 19.0 Å². The number of nitrogens with zero attached hydrogens (tertiary/aromatic N) is 2. The second-order valence-electron chi connectivity index (χ2n) is 8.91. The maximum Gasteiger partial charge on any atom is 0.254 e. The van der Waals surface area contributed by atoms with Gasteiger partial charge in [-0.05, 0) is 23.3 Å². The molecule has 6 nitrogen and oxygen atoms in total. The van der Waals surface area contributed by atoms with Gasteiger partial charge in [-0.15, -0.1) is 0 Å². The van der Waals surface area contributed by atoms with E-state index >= 15 is 0 Å². The van der Waals surface area contributed by atoms with Gasteiger partial charge in [0.1, 0.15) is 0 Å². The van der Waals surface area contributed by atoms with Gasteiger partial charge in [-0.25, -0.2) is 0 Å². The Balaban J connectivity index is 1.35. The second kappa shape index (κ2) is 10.2. The highest BCUT2D eigenvalue weighted by molar-refractivity contribution is 6.07. The van der Waals surface area contributed by atoms with Gasteiger partial charge in [0.25, 0.3) is 11.8 Å². The predicted molar refractivity (Wildman–Crippen MR) is 137 cm³/mol. The molecule has 5 rings (SSSR count). The zero-order chi connectivity index (χ0) is 24.2. The Morgan fingerprint density at radius 1 is 1.00 bits per heavy atom. The van der Waals surface area contributed by atoms with E-state index in [1.54, 1.807) is 7.11 Å². The van der Waals surface area contributed by atoms with Crippen molar-refractivity contribution in [2.75, 3.05) is 26.8 Å². The fourth-order valence-electron chi connectivity index (χ4n) is 4.85. The second-order valence-corrected chi connectivity index (χ2v) is 8.91. The normalized spacial score (nSPS) is 13.7. The first-order valence-electron chi connectivity index (χ1n) is 11.9. The minimum Gasteiger partial charge on any atom is -0.383 e. The fourth-order valence-corrected chi connectivity index (χ4v) is 4.85. The molecule has 0 radical (unpaired) electrons. The van der Waals surface area contributed by atoms with E-state index in [2.05, 4.69) is 22.0 Å². The molecule has 1 aromatic heterocycles. The number of hydrogen-bond donors (Lipinski definition) is 1. The molecule has 0 unspecified atom stereocenters. The van der Waals surface area contributed by atoms with Crippen molar-refractivity contribution in [2.24, 2.45) is 0 Å². The zero-order valence-electron chi connectivity index (χ0n) is 19.8. The number of aromatic nitrogens is 1. The number of amides is 2. The van der Waals surface area contributed by atoms with E-state index in [0.29, 0.717) is 38.3 Å². The van der Waals surface area contributed by atoms with Crippen molar-refractivity contribution in [3.63, 3.8) is 0 Å². The minimum absolute atomic E-state index is 0.0275. The molecule has 0 fully saturated rings. The van der Waals surface area contributed by atoms with E-state index in [0.717, 1.165) is 27.6 Å². The Bertz CT molecular complexity index is 1350. The molecular formula is C29H29N3O3. The van der Waals surface area contributed by atoms with E-state index in [1.165, 1.54) is 0 Å². The molecule has 2 amide bonds. The summed E-state index contributed by atoms with van der Waals surface area (Å²) in [6.45, 7) is 2.81. The van der Waals surface area contributed by atoms with Crippen LogP contribution in [0.15, 0.2) is 85.1 Å². The summed E-state index contributed by atoms with van der Waals surface area (Å²) in [6.07, 6.45) is 1.90. The van der Waals surface area contributed by atoms with Crippen LogP contribution in [0.5, 0.6) is 0 Å². The molecule has 4 aromatic rings. The summed E-state index contributed by atoms with van der Waals surface area (Å²) >= 11 is 0. The molecule has 0 aliphatic carbocycles. The molecule has 0 spiro atoms. The van der Waals surface area contributed by atoms with Crippen LogP contribution in [0.3, 0.4) is 0 Å². The highest BCUT2D eigenvalue weighted by atomic mass is 16.5. The molecule has 0 bridgehead atoms. The summed E-state index contributed by atoms with van der Waals surface area (Å²) in [6, 6.07) is 25.8. The summed E-state index contributed by atoms with van der Waals surface area (Å²) in [4.78, 5) is 28.2. The third-order valence-corrected chi connectivity index (χ3v) is 6.69. The van der Waals surface area contributed by atoms with Crippen LogP contribution in [0.2, 0.25) is 0 Å². The topological polar surface area (TPSA) is 63.6 Å². The number of ether oxygens (including phenoxy) is 1. The average Bonchev–Trinajstić information content (AvgIpc) is 3.43. The Labute approximate surface area is 205 Å². The number of fused-ring (bicyclic) bond motifs is 2. The molecule has 1 atom stereocenters. The van der Waals surface area contributed by atoms with E-state index in [1.807, 2.05) is 77.8 Å². The fraction of sp³-hybridized carbons (Fsp3) is 0.241. The van der Waals surface area contributed by atoms with Gasteiger partial charge in [0.15, 0.2) is 0 Å². The Kier molecular flexibility index (Phi) is 6.64. The average molecular weight is 468 g/mol. The van der Waals surface area contributed by atoms with Crippen LogP contribution in [0.4, 0.5) is 0 Å². The predicted octanol–water partition coefficient (Wildman–Crippen LogP) is 4.46. The lowest BCUT2D eigenvalue weighted by Crippen LogP contribution is -2.36. The lowest BCUT2D eigenvalue weighted by atomic mass is 9.98. The summed E-state index contributed by atoms with van der Waals surface area (Å²) in [5, 5.41) is 4.07. The molecule has 0 saturated heterocycles. The molecule has 178 valence electrons. The maximum atomic E-state index is 13.3. The van der Waals surface area contributed by atoms with Gasteiger partial charge in [-0.2, -0.15) is 0 Å². The lowest BCUT2D eigenvalue weighted by molar-refractivity contribution is 0.0767. The number of benzene rings is 3. The van der Waals surface area contributed by atoms with Crippen LogP contribution in [0.1, 0.15) is 37.8 Å². The molecule has 0 saturated carbocycles. The Hall–Kier alpha value is -3.90. The van der Waals surface area contributed by atoms with Crippen molar-refractivity contribution >= 4 is 22.7 Å². The van der Waals surface area contributed by atoms with Crippen molar-refractivity contribution in [1.82, 2.24) is 14.8 Å². The van der Waals surface area contributed by atoms with Crippen molar-refractivity contribution in [1.29, 1.82) is 0 Å². The number of rotatable bonds is 9. The molecule has 1 N–H and O–H groups in total. The van der Waals surface area contributed by atoms with Gasteiger partial charge in [0, 0.05) is 61.9 Å². The Morgan fingerprint density at radius 3 is 2.54 bits per heavy atom. The molecular weight excluding hydrogens is 438 g/mol.